The first-order valence-electron chi connectivity index (χ1n) is 6.26. The molecule has 0 saturated carbocycles. The van der Waals surface area contributed by atoms with E-state index in [1.165, 1.54) is 18.6 Å². The van der Waals surface area contributed by atoms with Gasteiger partial charge in [0.25, 0.3) is 0 Å². The highest BCUT2D eigenvalue weighted by Gasteiger charge is 2.28. The maximum atomic E-state index is 9.67. The molecule has 1 heterocycles. The molecule has 0 aromatic rings. The summed E-state index contributed by atoms with van der Waals surface area (Å²) >= 11 is 2.03. The normalized spacial score (nSPS) is 26.3. The van der Waals surface area contributed by atoms with Crippen LogP contribution in [0.1, 0.15) is 19.8 Å². The van der Waals surface area contributed by atoms with E-state index in [1.807, 2.05) is 11.8 Å². The monoisotopic (exact) mass is 263 g/mol. The summed E-state index contributed by atoms with van der Waals surface area (Å²) in [5.74, 6) is 1.26. The fraction of sp³-hybridized carbons (Fsp3) is 1.00. The van der Waals surface area contributed by atoms with Crippen LogP contribution in [-0.2, 0) is 9.47 Å². The first-order valence-corrected chi connectivity index (χ1v) is 7.24. The van der Waals surface area contributed by atoms with Crippen molar-refractivity contribution in [2.45, 2.75) is 30.6 Å². The molecule has 1 fully saturated rings. The number of hydrogen-bond acceptors (Lipinski definition) is 5. The number of methoxy groups -OCH3 is 1. The Morgan fingerprint density at radius 3 is 2.94 bits per heavy atom. The van der Waals surface area contributed by atoms with Crippen molar-refractivity contribution < 1.29 is 14.6 Å². The van der Waals surface area contributed by atoms with Crippen molar-refractivity contribution in [2.75, 3.05) is 45.8 Å². The highest BCUT2D eigenvalue weighted by atomic mass is 32.2. The predicted molar refractivity (Wildman–Crippen MR) is 71.7 cm³/mol. The van der Waals surface area contributed by atoms with E-state index >= 15 is 0 Å². The number of nitrogens with one attached hydrogen (secondary N) is 1. The van der Waals surface area contributed by atoms with Crippen molar-refractivity contribution in [3.8, 4) is 0 Å². The molecule has 4 nitrogen and oxygen atoms in total. The van der Waals surface area contributed by atoms with Crippen LogP contribution in [-0.4, -0.2) is 61.7 Å². The molecular formula is C12H25NO3S. The van der Waals surface area contributed by atoms with Crippen LogP contribution in [0, 0.1) is 0 Å². The molecule has 1 saturated heterocycles. The zero-order valence-corrected chi connectivity index (χ0v) is 11.7. The van der Waals surface area contributed by atoms with Gasteiger partial charge in [-0.1, -0.05) is 0 Å². The number of rotatable bonds is 9. The van der Waals surface area contributed by atoms with Crippen LogP contribution in [0.25, 0.3) is 0 Å². The summed E-state index contributed by atoms with van der Waals surface area (Å²) in [5, 5.41) is 13.0. The van der Waals surface area contributed by atoms with Crippen LogP contribution in [0.5, 0.6) is 0 Å². The molecule has 0 aromatic heterocycles. The van der Waals surface area contributed by atoms with Crippen LogP contribution >= 0.6 is 11.8 Å². The quantitative estimate of drug-likeness (QED) is 0.605. The Morgan fingerprint density at radius 2 is 2.29 bits per heavy atom. The number of aliphatic hydroxyl groups is 1. The van der Waals surface area contributed by atoms with Crippen LogP contribution in [0.15, 0.2) is 0 Å². The first kappa shape index (κ1) is 15.2. The van der Waals surface area contributed by atoms with Crippen LogP contribution in [0.3, 0.4) is 0 Å². The van der Waals surface area contributed by atoms with Crippen molar-refractivity contribution in [1.29, 1.82) is 0 Å². The Kier molecular flexibility index (Phi) is 7.46. The summed E-state index contributed by atoms with van der Waals surface area (Å²) in [7, 11) is 1.64. The second-order valence-electron chi connectivity index (χ2n) is 4.75. The zero-order valence-electron chi connectivity index (χ0n) is 10.9. The zero-order chi connectivity index (χ0) is 12.6. The van der Waals surface area contributed by atoms with Crippen LogP contribution in [0.2, 0.25) is 0 Å². The van der Waals surface area contributed by atoms with Crippen molar-refractivity contribution in [3.05, 3.63) is 0 Å². The predicted octanol–water partition coefficient (Wildman–Crippen LogP) is 0.886. The molecule has 0 bridgehead atoms. The third-order valence-electron chi connectivity index (χ3n) is 2.92. The van der Waals surface area contributed by atoms with E-state index in [1.54, 1.807) is 7.11 Å². The third-order valence-corrected chi connectivity index (χ3v) is 4.46. The SMILES string of the molecule is COCCOCC(O)CNCC1(C)CCCS1. The minimum atomic E-state index is -0.429. The molecule has 0 radical (unpaired) electrons. The standard InChI is InChI=1S/C12H25NO3S/c1-12(4-3-7-17-12)10-13-8-11(14)9-16-6-5-15-2/h11,13-14H,3-10H2,1-2H3. The van der Waals surface area contributed by atoms with Crippen molar-refractivity contribution in [1.82, 2.24) is 5.32 Å². The fourth-order valence-electron chi connectivity index (χ4n) is 1.90. The first-order chi connectivity index (χ1) is 8.16. The van der Waals surface area contributed by atoms with Gasteiger partial charge in [0.2, 0.25) is 0 Å². The highest BCUT2D eigenvalue weighted by Crippen LogP contribution is 2.36. The Bertz CT molecular complexity index is 198. The van der Waals surface area contributed by atoms with Gasteiger partial charge < -0.3 is 19.9 Å². The number of ether oxygens (including phenoxy) is 2. The Balaban J connectivity index is 1.97. The minimum Gasteiger partial charge on any atom is -0.389 e. The molecule has 102 valence electrons. The van der Waals surface area contributed by atoms with Gasteiger partial charge >= 0.3 is 0 Å². The van der Waals surface area contributed by atoms with Gasteiger partial charge in [0, 0.05) is 24.9 Å². The topological polar surface area (TPSA) is 50.7 Å². The van der Waals surface area contributed by atoms with Crippen molar-refractivity contribution in [3.63, 3.8) is 0 Å². The maximum Gasteiger partial charge on any atom is 0.0897 e. The van der Waals surface area contributed by atoms with Gasteiger partial charge in [-0.05, 0) is 25.5 Å². The van der Waals surface area contributed by atoms with Gasteiger partial charge in [-0.2, -0.15) is 11.8 Å². The Hall–Kier alpha value is 0.190. The average Bonchev–Trinajstić information content (AvgIpc) is 2.72. The van der Waals surface area contributed by atoms with E-state index in [-0.39, 0.29) is 0 Å². The molecule has 1 aliphatic heterocycles. The van der Waals surface area contributed by atoms with Crippen molar-refractivity contribution >= 4 is 11.8 Å². The second kappa shape index (κ2) is 8.32. The third kappa shape index (κ3) is 6.62. The molecular weight excluding hydrogens is 238 g/mol. The van der Waals surface area contributed by atoms with Crippen molar-refractivity contribution in [2.24, 2.45) is 0 Å². The van der Waals surface area contributed by atoms with Gasteiger partial charge in [0.15, 0.2) is 0 Å². The molecule has 17 heavy (non-hydrogen) atoms. The van der Waals surface area contributed by atoms with Gasteiger partial charge in [0.1, 0.15) is 0 Å². The largest absolute Gasteiger partial charge is 0.389 e. The summed E-state index contributed by atoms with van der Waals surface area (Å²) in [6.45, 7) is 5.35. The van der Waals surface area contributed by atoms with Gasteiger partial charge in [-0.15, -0.1) is 0 Å². The number of aliphatic hydroxyl groups excluding tert-OH is 1. The number of thioether (sulfide) groups is 1. The molecule has 0 aromatic carbocycles. The molecule has 1 aliphatic rings. The van der Waals surface area contributed by atoms with E-state index in [4.69, 9.17) is 9.47 Å². The van der Waals surface area contributed by atoms with E-state index in [2.05, 4.69) is 12.2 Å². The lowest BCUT2D eigenvalue weighted by Crippen LogP contribution is -2.38. The molecule has 0 amide bonds. The van der Waals surface area contributed by atoms with Gasteiger partial charge in [-0.3, -0.25) is 0 Å². The molecule has 1 rings (SSSR count). The van der Waals surface area contributed by atoms with E-state index in [0.717, 1.165) is 6.54 Å². The average molecular weight is 263 g/mol. The lowest BCUT2D eigenvalue weighted by Gasteiger charge is -2.23. The van der Waals surface area contributed by atoms with Gasteiger partial charge in [-0.25, -0.2) is 0 Å². The molecule has 5 heteroatoms. The Labute approximate surface area is 108 Å². The lowest BCUT2D eigenvalue weighted by molar-refractivity contribution is 0.0137. The molecule has 0 spiro atoms. The second-order valence-corrected chi connectivity index (χ2v) is 6.44. The molecule has 0 aliphatic carbocycles. The number of hydrogen-bond donors (Lipinski definition) is 2. The summed E-state index contributed by atoms with van der Waals surface area (Å²) in [5.41, 5.74) is 0. The molecule has 2 unspecified atom stereocenters. The summed E-state index contributed by atoms with van der Waals surface area (Å²) in [6, 6.07) is 0. The lowest BCUT2D eigenvalue weighted by atomic mass is 10.1. The minimum absolute atomic E-state index is 0.358. The summed E-state index contributed by atoms with van der Waals surface area (Å²) < 4.78 is 10.5. The molecule has 2 atom stereocenters. The summed E-state index contributed by atoms with van der Waals surface area (Å²) in [4.78, 5) is 0. The highest BCUT2D eigenvalue weighted by molar-refractivity contribution is 8.00. The van der Waals surface area contributed by atoms with E-state index in [9.17, 15) is 5.11 Å². The smallest absolute Gasteiger partial charge is 0.0897 e. The fourth-order valence-corrected chi connectivity index (χ4v) is 3.17. The Morgan fingerprint density at radius 1 is 1.47 bits per heavy atom. The van der Waals surface area contributed by atoms with Gasteiger partial charge in [0.05, 0.1) is 25.9 Å². The summed E-state index contributed by atoms with van der Waals surface area (Å²) in [6.07, 6.45) is 2.15. The van der Waals surface area contributed by atoms with Crippen LogP contribution < -0.4 is 5.32 Å². The van der Waals surface area contributed by atoms with E-state index in [0.29, 0.717) is 31.1 Å². The maximum absolute atomic E-state index is 9.67. The molecule has 2 N–H and O–H groups in total. The van der Waals surface area contributed by atoms with Crippen LogP contribution in [0.4, 0.5) is 0 Å². The van der Waals surface area contributed by atoms with E-state index < -0.39 is 6.10 Å².